The summed E-state index contributed by atoms with van der Waals surface area (Å²) in [5.41, 5.74) is 8.46. The molecule has 0 heterocycles. The quantitative estimate of drug-likeness (QED) is 0.559. The number of hydrogen-bond donors (Lipinski definition) is 3. The number of anilines is 2. The Morgan fingerprint density at radius 2 is 1.79 bits per heavy atom. The standard InChI is InChI=1S/C16H20N4O2S2/c1-12-7-4-5-10-15(12)18-19-16(23)17-13-8-6-9-14(11-13)24(21,22)20(2)3/h4-11,18H,1-3H3,(H2,17,19,23). The summed E-state index contributed by atoms with van der Waals surface area (Å²) >= 11 is 5.22. The maximum atomic E-state index is 12.2. The molecule has 0 bridgehead atoms. The number of thiocarbonyl (C=S) groups is 1. The predicted molar refractivity (Wildman–Crippen MR) is 101 cm³/mol. The minimum Gasteiger partial charge on any atom is -0.331 e. The molecule has 3 N–H and O–H groups in total. The SMILES string of the molecule is Cc1ccccc1NNC(=S)Nc1cccc(S(=O)(=O)N(C)C)c1. The maximum absolute atomic E-state index is 12.2. The molecule has 0 aliphatic carbocycles. The monoisotopic (exact) mass is 364 g/mol. The third-order valence-corrected chi connectivity index (χ3v) is 5.34. The molecule has 8 heteroatoms. The first-order chi connectivity index (χ1) is 11.3. The Labute approximate surface area is 147 Å². The van der Waals surface area contributed by atoms with E-state index in [0.29, 0.717) is 10.8 Å². The van der Waals surface area contributed by atoms with Crippen LogP contribution < -0.4 is 16.2 Å². The van der Waals surface area contributed by atoms with Crippen molar-refractivity contribution in [3.63, 3.8) is 0 Å². The van der Waals surface area contributed by atoms with Crippen LogP contribution in [0.5, 0.6) is 0 Å². The van der Waals surface area contributed by atoms with Gasteiger partial charge in [0, 0.05) is 19.8 Å². The number of aryl methyl sites for hydroxylation is 1. The van der Waals surface area contributed by atoms with Crippen LogP contribution in [0.2, 0.25) is 0 Å². The van der Waals surface area contributed by atoms with Gasteiger partial charge in [0.05, 0.1) is 10.6 Å². The fraction of sp³-hybridized carbons (Fsp3) is 0.188. The summed E-state index contributed by atoms with van der Waals surface area (Å²) in [7, 11) is -0.494. The van der Waals surface area contributed by atoms with Crippen LogP contribution >= 0.6 is 12.2 Å². The van der Waals surface area contributed by atoms with Gasteiger partial charge in [0.2, 0.25) is 10.0 Å². The normalized spacial score (nSPS) is 11.2. The van der Waals surface area contributed by atoms with Crippen LogP contribution in [0, 0.1) is 6.92 Å². The van der Waals surface area contributed by atoms with Gasteiger partial charge in [-0.3, -0.25) is 10.9 Å². The van der Waals surface area contributed by atoms with Gasteiger partial charge in [-0.15, -0.1) is 0 Å². The van der Waals surface area contributed by atoms with Crippen molar-refractivity contribution >= 4 is 38.7 Å². The molecule has 0 atom stereocenters. The molecule has 24 heavy (non-hydrogen) atoms. The zero-order valence-electron chi connectivity index (χ0n) is 13.7. The Balaban J connectivity index is 2.04. The summed E-state index contributed by atoms with van der Waals surface area (Å²) in [6.07, 6.45) is 0. The third kappa shape index (κ3) is 4.44. The summed E-state index contributed by atoms with van der Waals surface area (Å²) in [6.45, 7) is 1.98. The lowest BCUT2D eigenvalue weighted by Gasteiger charge is -2.15. The summed E-state index contributed by atoms with van der Waals surface area (Å²) in [5.74, 6) is 0. The van der Waals surface area contributed by atoms with Crippen LogP contribution in [0.4, 0.5) is 11.4 Å². The molecule has 2 rings (SSSR count). The van der Waals surface area contributed by atoms with Crippen molar-refractivity contribution in [3.8, 4) is 0 Å². The lowest BCUT2D eigenvalue weighted by Crippen LogP contribution is -2.33. The number of sulfonamides is 1. The molecule has 128 valence electrons. The van der Waals surface area contributed by atoms with E-state index in [-0.39, 0.29) is 4.90 Å². The first kappa shape index (κ1) is 18.2. The van der Waals surface area contributed by atoms with E-state index < -0.39 is 10.0 Å². The second kappa shape index (κ2) is 7.61. The number of benzene rings is 2. The van der Waals surface area contributed by atoms with Crippen LogP contribution in [0.1, 0.15) is 5.56 Å². The fourth-order valence-corrected chi connectivity index (χ4v) is 3.06. The molecular formula is C16H20N4O2S2. The van der Waals surface area contributed by atoms with Gasteiger partial charge >= 0.3 is 0 Å². The summed E-state index contributed by atoms with van der Waals surface area (Å²) in [5, 5.41) is 3.29. The van der Waals surface area contributed by atoms with Gasteiger partial charge in [-0.25, -0.2) is 12.7 Å². The highest BCUT2D eigenvalue weighted by atomic mass is 32.2. The number of hydrazine groups is 1. The highest BCUT2D eigenvalue weighted by molar-refractivity contribution is 7.89. The Morgan fingerprint density at radius 1 is 1.08 bits per heavy atom. The highest BCUT2D eigenvalue weighted by Gasteiger charge is 2.17. The van der Waals surface area contributed by atoms with E-state index in [1.54, 1.807) is 18.2 Å². The van der Waals surface area contributed by atoms with E-state index in [9.17, 15) is 8.42 Å². The summed E-state index contributed by atoms with van der Waals surface area (Å²) in [4.78, 5) is 0.201. The number of hydrogen-bond acceptors (Lipinski definition) is 4. The summed E-state index contributed by atoms with van der Waals surface area (Å²) < 4.78 is 25.5. The van der Waals surface area contributed by atoms with E-state index >= 15 is 0 Å². The molecular weight excluding hydrogens is 344 g/mol. The molecule has 0 unspecified atom stereocenters. The van der Waals surface area contributed by atoms with E-state index in [1.807, 2.05) is 31.2 Å². The molecule has 0 spiro atoms. The number of rotatable bonds is 5. The van der Waals surface area contributed by atoms with E-state index in [0.717, 1.165) is 11.3 Å². The second-order valence-electron chi connectivity index (χ2n) is 5.33. The Hall–Kier alpha value is -2.16. The molecule has 0 radical (unpaired) electrons. The van der Waals surface area contributed by atoms with Crippen molar-refractivity contribution in [2.45, 2.75) is 11.8 Å². The number of nitrogens with zero attached hydrogens (tertiary/aromatic N) is 1. The Kier molecular flexibility index (Phi) is 5.76. The van der Waals surface area contributed by atoms with Crippen molar-refractivity contribution in [3.05, 3.63) is 54.1 Å². The molecule has 0 saturated carbocycles. The van der Waals surface area contributed by atoms with E-state index in [2.05, 4.69) is 16.2 Å². The van der Waals surface area contributed by atoms with Crippen LogP contribution in [0.25, 0.3) is 0 Å². The van der Waals surface area contributed by atoms with Gasteiger partial charge in [-0.05, 0) is 49.0 Å². The lowest BCUT2D eigenvalue weighted by atomic mass is 10.2. The zero-order valence-corrected chi connectivity index (χ0v) is 15.3. The molecule has 6 nitrogen and oxygen atoms in total. The Bertz CT molecular complexity index is 835. The molecule has 0 aliphatic rings. The van der Waals surface area contributed by atoms with Gasteiger partial charge in [-0.2, -0.15) is 0 Å². The van der Waals surface area contributed by atoms with E-state index in [4.69, 9.17) is 12.2 Å². The second-order valence-corrected chi connectivity index (χ2v) is 7.89. The largest absolute Gasteiger partial charge is 0.331 e. The molecule has 0 aromatic heterocycles. The predicted octanol–water partition coefficient (Wildman–Crippen LogP) is 2.56. The van der Waals surface area contributed by atoms with Gasteiger partial charge in [0.1, 0.15) is 0 Å². The average molecular weight is 364 g/mol. The van der Waals surface area contributed by atoms with Gasteiger partial charge in [0.15, 0.2) is 5.11 Å². The van der Waals surface area contributed by atoms with Gasteiger partial charge < -0.3 is 5.32 Å². The maximum Gasteiger partial charge on any atom is 0.242 e. The molecule has 0 amide bonds. The van der Waals surface area contributed by atoms with Gasteiger partial charge in [0.25, 0.3) is 0 Å². The van der Waals surface area contributed by atoms with Gasteiger partial charge in [-0.1, -0.05) is 24.3 Å². The average Bonchev–Trinajstić information content (AvgIpc) is 2.54. The fourth-order valence-electron chi connectivity index (χ4n) is 1.94. The summed E-state index contributed by atoms with van der Waals surface area (Å²) in [6, 6.07) is 14.3. The van der Waals surface area contributed by atoms with Crippen molar-refractivity contribution in [1.29, 1.82) is 0 Å². The van der Waals surface area contributed by atoms with Crippen LogP contribution in [-0.2, 0) is 10.0 Å². The lowest BCUT2D eigenvalue weighted by molar-refractivity contribution is 0.521. The first-order valence-electron chi connectivity index (χ1n) is 7.22. The molecule has 0 fully saturated rings. The number of nitrogens with one attached hydrogen (secondary N) is 3. The Morgan fingerprint density at radius 3 is 2.46 bits per heavy atom. The smallest absolute Gasteiger partial charge is 0.242 e. The number of para-hydroxylation sites is 1. The first-order valence-corrected chi connectivity index (χ1v) is 9.07. The van der Waals surface area contributed by atoms with Crippen molar-refractivity contribution < 1.29 is 8.42 Å². The molecule has 0 aliphatic heterocycles. The third-order valence-electron chi connectivity index (χ3n) is 3.33. The van der Waals surface area contributed by atoms with Crippen molar-refractivity contribution in [2.75, 3.05) is 24.8 Å². The van der Waals surface area contributed by atoms with Crippen molar-refractivity contribution in [1.82, 2.24) is 9.73 Å². The van der Waals surface area contributed by atoms with Crippen LogP contribution in [0.15, 0.2) is 53.4 Å². The topological polar surface area (TPSA) is 73.5 Å². The van der Waals surface area contributed by atoms with Crippen LogP contribution in [-0.4, -0.2) is 31.9 Å². The zero-order chi connectivity index (χ0) is 17.7. The molecule has 2 aromatic rings. The molecule has 0 saturated heterocycles. The van der Waals surface area contributed by atoms with E-state index in [1.165, 1.54) is 24.5 Å². The molecule has 2 aromatic carbocycles. The minimum absolute atomic E-state index is 0.201. The van der Waals surface area contributed by atoms with Crippen molar-refractivity contribution in [2.24, 2.45) is 0 Å². The minimum atomic E-state index is -3.48. The van der Waals surface area contributed by atoms with Crippen LogP contribution in [0.3, 0.4) is 0 Å². The highest BCUT2D eigenvalue weighted by Crippen LogP contribution is 2.18.